The Bertz CT molecular complexity index is 371. The van der Waals surface area contributed by atoms with Crippen molar-refractivity contribution in [2.24, 2.45) is 11.7 Å². The van der Waals surface area contributed by atoms with E-state index in [1.165, 1.54) is 5.56 Å². The van der Waals surface area contributed by atoms with Crippen LogP contribution in [0.2, 0.25) is 0 Å². The molecule has 2 atom stereocenters. The van der Waals surface area contributed by atoms with Gasteiger partial charge in [0.2, 0.25) is 0 Å². The maximum atomic E-state index is 5.90. The number of hydrogen-bond donors (Lipinski definition) is 1. The summed E-state index contributed by atoms with van der Waals surface area (Å²) >= 11 is 0. The second-order valence-corrected chi connectivity index (χ2v) is 4.96. The number of hydrogen-bond acceptors (Lipinski definition) is 4. The zero-order valence-corrected chi connectivity index (χ0v) is 12.4. The predicted octanol–water partition coefficient (Wildman–Crippen LogP) is 1.74. The van der Waals surface area contributed by atoms with E-state index in [1.54, 1.807) is 14.2 Å². The van der Waals surface area contributed by atoms with Gasteiger partial charge in [0.05, 0.1) is 13.7 Å². The molecule has 1 rings (SSSR count). The molecule has 0 fully saturated rings. The summed E-state index contributed by atoms with van der Waals surface area (Å²) < 4.78 is 10.6. The monoisotopic (exact) mass is 266 g/mol. The van der Waals surface area contributed by atoms with E-state index in [2.05, 4.69) is 24.9 Å². The van der Waals surface area contributed by atoms with E-state index in [9.17, 15) is 0 Å². The average molecular weight is 266 g/mol. The first kappa shape index (κ1) is 16.0. The summed E-state index contributed by atoms with van der Waals surface area (Å²) in [5.74, 6) is 1.32. The van der Waals surface area contributed by atoms with Crippen molar-refractivity contribution in [2.45, 2.75) is 19.5 Å². The number of benzene rings is 1. The molecule has 0 amide bonds. The van der Waals surface area contributed by atoms with E-state index in [4.69, 9.17) is 15.2 Å². The number of ether oxygens (including phenoxy) is 2. The van der Waals surface area contributed by atoms with Crippen LogP contribution in [-0.2, 0) is 11.3 Å². The Morgan fingerprint density at radius 3 is 2.53 bits per heavy atom. The van der Waals surface area contributed by atoms with Crippen LogP contribution in [0.4, 0.5) is 0 Å². The standard InChI is InChI=1S/C15H26N2O2/c1-12(11-18-3)14(9-16)17(2)10-13-7-5-6-8-15(13)19-4/h5-8,12,14H,9-11,16H2,1-4H3. The molecule has 0 aliphatic carbocycles. The maximum absolute atomic E-state index is 5.90. The van der Waals surface area contributed by atoms with Gasteiger partial charge in [0.25, 0.3) is 0 Å². The van der Waals surface area contributed by atoms with E-state index >= 15 is 0 Å². The molecule has 4 nitrogen and oxygen atoms in total. The average Bonchev–Trinajstić information content (AvgIpc) is 2.40. The van der Waals surface area contributed by atoms with Crippen LogP contribution in [-0.4, -0.2) is 45.4 Å². The maximum Gasteiger partial charge on any atom is 0.123 e. The first-order valence-electron chi connectivity index (χ1n) is 6.65. The molecule has 2 N–H and O–H groups in total. The molecular formula is C15H26N2O2. The van der Waals surface area contributed by atoms with Gasteiger partial charge in [-0.3, -0.25) is 4.90 Å². The second kappa shape index (κ2) is 8.15. The lowest BCUT2D eigenvalue weighted by atomic mass is 10.0. The third-order valence-corrected chi connectivity index (χ3v) is 3.51. The molecule has 0 heterocycles. The molecule has 0 bridgehead atoms. The molecule has 0 spiro atoms. The first-order valence-corrected chi connectivity index (χ1v) is 6.65. The van der Waals surface area contributed by atoms with Crippen LogP contribution in [0.3, 0.4) is 0 Å². The molecule has 0 radical (unpaired) electrons. The minimum atomic E-state index is 0.296. The van der Waals surface area contributed by atoms with E-state index in [1.807, 2.05) is 18.2 Å². The Morgan fingerprint density at radius 2 is 1.95 bits per heavy atom. The summed E-state index contributed by atoms with van der Waals surface area (Å²) in [6.07, 6.45) is 0. The van der Waals surface area contributed by atoms with Crippen LogP contribution in [0.1, 0.15) is 12.5 Å². The third kappa shape index (κ3) is 4.49. The largest absolute Gasteiger partial charge is 0.496 e. The van der Waals surface area contributed by atoms with E-state index in [-0.39, 0.29) is 0 Å². The summed E-state index contributed by atoms with van der Waals surface area (Å²) in [4.78, 5) is 2.27. The molecule has 4 heteroatoms. The summed E-state index contributed by atoms with van der Waals surface area (Å²) in [6, 6.07) is 8.38. The zero-order chi connectivity index (χ0) is 14.3. The van der Waals surface area contributed by atoms with Gasteiger partial charge < -0.3 is 15.2 Å². The zero-order valence-electron chi connectivity index (χ0n) is 12.4. The second-order valence-electron chi connectivity index (χ2n) is 4.96. The van der Waals surface area contributed by atoms with Crippen molar-refractivity contribution in [3.63, 3.8) is 0 Å². The fraction of sp³-hybridized carbons (Fsp3) is 0.600. The lowest BCUT2D eigenvalue weighted by Gasteiger charge is -2.32. The summed E-state index contributed by atoms with van der Waals surface area (Å²) in [6.45, 7) is 4.33. The van der Waals surface area contributed by atoms with Crippen molar-refractivity contribution < 1.29 is 9.47 Å². The molecule has 19 heavy (non-hydrogen) atoms. The highest BCUT2D eigenvalue weighted by molar-refractivity contribution is 5.33. The van der Waals surface area contributed by atoms with Gasteiger partial charge in [0.1, 0.15) is 5.75 Å². The third-order valence-electron chi connectivity index (χ3n) is 3.51. The van der Waals surface area contributed by atoms with Crippen molar-refractivity contribution in [1.29, 1.82) is 0 Å². The Labute approximate surface area is 116 Å². The summed E-state index contributed by atoms with van der Waals surface area (Å²) in [5.41, 5.74) is 7.08. The number of nitrogens with two attached hydrogens (primary N) is 1. The van der Waals surface area contributed by atoms with E-state index < -0.39 is 0 Å². The molecule has 1 aromatic rings. The normalized spacial score (nSPS) is 14.4. The molecule has 0 saturated carbocycles. The van der Waals surface area contributed by atoms with Crippen LogP contribution in [0.5, 0.6) is 5.75 Å². The van der Waals surface area contributed by atoms with Crippen molar-refractivity contribution in [3.8, 4) is 5.75 Å². The van der Waals surface area contributed by atoms with Crippen LogP contribution >= 0.6 is 0 Å². The van der Waals surface area contributed by atoms with Crippen LogP contribution in [0.15, 0.2) is 24.3 Å². The molecule has 2 unspecified atom stereocenters. The SMILES string of the molecule is COCC(C)C(CN)N(C)Cc1ccccc1OC. The number of methoxy groups -OCH3 is 2. The number of para-hydroxylation sites is 1. The van der Waals surface area contributed by atoms with Crippen molar-refractivity contribution >= 4 is 0 Å². The molecule has 1 aromatic carbocycles. The van der Waals surface area contributed by atoms with Gasteiger partial charge in [-0.25, -0.2) is 0 Å². The lowest BCUT2D eigenvalue weighted by molar-refractivity contribution is 0.0949. The van der Waals surface area contributed by atoms with Gasteiger partial charge in [0.15, 0.2) is 0 Å². The molecule has 108 valence electrons. The highest BCUT2D eigenvalue weighted by Crippen LogP contribution is 2.21. The van der Waals surface area contributed by atoms with Crippen molar-refractivity contribution in [1.82, 2.24) is 4.90 Å². The topological polar surface area (TPSA) is 47.7 Å². The number of nitrogens with zero attached hydrogens (tertiary/aromatic N) is 1. The first-order chi connectivity index (χ1) is 9.13. The Balaban J connectivity index is 2.73. The van der Waals surface area contributed by atoms with Gasteiger partial charge in [-0.2, -0.15) is 0 Å². The molecule has 0 aliphatic rings. The minimum absolute atomic E-state index is 0.296. The highest BCUT2D eigenvalue weighted by Gasteiger charge is 2.21. The van der Waals surface area contributed by atoms with Gasteiger partial charge in [-0.05, 0) is 19.0 Å². The van der Waals surface area contributed by atoms with E-state index in [0.717, 1.165) is 18.9 Å². The van der Waals surface area contributed by atoms with Gasteiger partial charge in [-0.15, -0.1) is 0 Å². The molecule has 0 aliphatic heterocycles. The quantitative estimate of drug-likeness (QED) is 0.778. The molecular weight excluding hydrogens is 240 g/mol. The minimum Gasteiger partial charge on any atom is -0.496 e. The fourth-order valence-corrected chi connectivity index (χ4v) is 2.44. The van der Waals surface area contributed by atoms with Crippen molar-refractivity contribution in [2.75, 3.05) is 34.4 Å². The van der Waals surface area contributed by atoms with Crippen LogP contribution in [0, 0.1) is 5.92 Å². The molecule has 0 saturated heterocycles. The Morgan fingerprint density at radius 1 is 1.26 bits per heavy atom. The Hall–Kier alpha value is -1.10. The van der Waals surface area contributed by atoms with Gasteiger partial charge in [-0.1, -0.05) is 25.1 Å². The van der Waals surface area contributed by atoms with Crippen molar-refractivity contribution in [3.05, 3.63) is 29.8 Å². The van der Waals surface area contributed by atoms with Crippen LogP contribution in [0.25, 0.3) is 0 Å². The Kier molecular flexibility index (Phi) is 6.84. The predicted molar refractivity (Wildman–Crippen MR) is 78.3 cm³/mol. The molecule has 0 aromatic heterocycles. The number of likely N-dealkylation sites (N-methyl/N-ethyl adjacent to an activating group) is 1. The lowest BCUT2D eigenvalue weighted by Crippen LogP contribution is -2.43. The van der Waals surface area contributed by atoms with E-state index in [0.29, 0.717) is 18.5 Å². The fourth-order valence-electron chi connectivity index (χ4n) is 2.44. The smallest absolute Gasteiger partial charge is 0.123 e. The summed E-state index contributed by atoms with van der Waals surface area (Å²) in [7, 11) is 5.52. The van der Waals surface area contributed by atoms with Gasteiger partial charge in [0, 0.05) is 31.8 Å². The van der Waals surface area contributed by atoms with Gasteiger partial charge >= 0.3 is 0 Å². The number of rotatable bonds is 8. The highest BCUT2D eigenvalue weighted by atomic mass is 16.5. The van der Waals surface area contributed by atoms with Crippen LogP contribution < -0.4 is 10.5 Å². The summed E-state index contributed by atoms with van der Waals surface area (Å²) in [5, 5.41) is 0.